The van der Waals surface area contributed by atoms with Crippen LogP contribution in [0.3, 0.4) is 0 Å². The Hall–Kier alpha value is -0.0800. The van der Waals surface area contributed by atoms with E-state index in [1.54, 1.807) is 0 Å². The van der Waals surface area contributed by atoms with Crippen LogP contribution in [0.2, 0.25) is 0 Å². The molecule has 0 amide bonds. The predicted molar refractivity (Wildman–Crippen MR) is 141 cm³/mol. The Balaban J connectivity index is 1.36. The number of piperidine rings is 1. The van der Waals surface area contributed by atoms with Gasteiger partial charge in [0.05, 0.1) is 0 Å². The zero-order chi connectivity index (χ0) is 23.5. The molecule has 5 fully saturated rings. The van der Waals surface area contributed by atoms with Gasteiger partial charge in [0.2, 0.25) is 0 Å². The summed E-state index contributed by atoms with van der Waals surface area (Å²) in [7, 11) is 0. The highest BCUT2D eigenvalue weighted by Gasteiger charge is 2.57. The molecule has 0 aromatic carbocycles. The number of hydrogen-bond acceptors (Lipinski definition) is 2. The van der Waals surface area contributed by atoms with Crippen LogP contribution in [0.1, 0.15) is 106 Å². The molecule has 1 saturated heterocycles. The average molecular weight is 457 g/mol. The minimum Gasteiger partial charge on any atom is -0.317 e. The lowest BCUT2D eigenvalue weighted by Gasteiger charge is -2.49. The molecule has 0 spiro atoms. The summed E-state index contributed by atoms with van der Waals surface area (Å²) < 4.78 is 0. The van der Waals surface area contributed by atoms with Crippen molar-refractivity contribution in [2.45, 2.75) is 118 Å². The van der Waals surface area contributed by atoms with E-state index >= 15 is 0 Å². The average Bonchev–Trinajstić information content (AvgIpc) is 3.52. The summed E-state index contributed by atoms with van der Waals surface area (Å²) in [5.41, 5.74) is 1.09. The zero-order valence-electron chi connectivity index (χ0n) is 23.1. The molecule has 4 aliphatic carbocycles. The van der Waals surface area contributed by atoms with Crippen molar-refractivity contribution >= 4 is 0 Å². The standard InChI is InChI=1S/C31H56N2/c1-19(2)28(20(3)16-26-22-8-10-24(17-22)30(26,4)5)33-29(21-12-14-32-15-13-21)27-23-9-11-25(18-23)31(27,6)7/h19-29,32-33H,8-18H2,1-7H3. The van der Waals surface area contributed by atoms with Gasteiger partial charge in [-0.15, -0.1) is 0 Å². The molecule has 0 radical (unpaired) electrons. The maximum Gasteiger partial charge on any atom is 0.0135 e. The van der Waals surface area contributed by atoms with Crippen LogP contribution < -0.4 is 10.6 Å². The molecule has 5 rings (SSSR count). The molecular weight excluding hydrogens is 400 g/mol. The van der Waals surface area contributed by atoms with E-state index in [4.69, 9.17) is 0 Å². The molecule has 5 aliphatic rings. The van der Waals surface area contributed by atoms with Gasteiger partial charge in [0, 0.05) is 12.1 Å². The van der Waals surface area contributed by atoms with E-state index in [9.17, 15) is 0 Å². The van der Waals surface area contributed by atoms with Gasteiger partial charge >= 0.3 is 0 Å². The van der Waals surface area contributed by atoms with Gasteiger partial charge in [-0.1, -0.05) is 48.5 Å². The molecule has 9 atom stereocenters. The van der Waals surface area contributed by atoms with E-state index < -0.39 is 0 Å². The lowest BCUT2D eigenvalue weighted by atomic mass is 9.62. The van der Waals surface area contributed by atoms with E-state index in [-0.39, 0.29) is 0 Å². The molecule has 2 N–H and O–H groups in total. The minimum atomic E-state index is 0.517. The third-order valence-corrected chi connectivity index (χ3v) is 12.6. The quantitative estimate of drug-likeness (QED) is 0.405. The highest BCUT2D eigenvalue weighted by Crippen LogP contribution is 2.62. The first kappa shape index (κ1) is 24.6. The Labute approximate surface area is 206 Å². The summed E-state index contributed by atoms with van der Waals surface area (Å²) >= 11 is 0. The normalized spacial score (nSPS) is 42.2. The lowest BCUT2D eigenvalue weighted by molar-refractivity contribution is 0.0344. The minimum absolute atomic E-state index is 0.517. The van der Waals surface area contributed by atoms with E-state index in [1.807, 2.05) is 0 Å². The van der Waals surface area contributed by atoms with E-state index in [1.165, 1.54) is 70.9 Å². The van der Waals surface area contributed by atoms with Crippen LogP contribution >= 0.6 is 0 Å². The van der Waals surface area contributed by atoms with Gasteiger partial charge in [0.15, 0.2) is 0 Å². The van der Waals surface area contributed by atoms with Gasteiger partial charge in [-0.3, -0.25) is 0 Å². The SMILES string of the molecule is CC(C)C(NC(C1CCNCC1)C1C2CCC(C2)C1(C)C)C(C)CC1C2CCC(C2)C1(C)C. The highest BCUT2D eigenvalue weighted by atomic mass is 15.0. The van der Waals surface area contributed by atoms with Crippen molar-refractivity contribution in [3.05, 3.63) is 0 Å². The van der Waals surface area contributed by atoms with Crippen molar-refractivity contribution in [1.82, 2.24) is 10.6 Å². The first-order valence-electron chi connectivity index (χ1n) is 15.1. The molecule has 9 unspecified atom stereocenters. The summed E-state index contributed by atoms with van der Waals surface area (Å²) in [6.45, 7) is 20.6. The second kappa shape index (κ2) is 9.10. The van der Waals surface area contributed by atoms with Crippen molar-refractivity contribution in [1.29, 1.82) is 0 Å². The molecule has 190 valence electrons. The van der Waals surface area contributed by atoms with E-state index in [0.29, 0.717) is 22.8 Å². The Morgan fingerprint density at radius 1 is 0.788 bits per heavy atom. The fourth-order valence-electron chi connectivity index (χ4n) is 10.6. The van der Waals surface area contributed by atoms with Crippen molar-refractivity contribution in [2.75, 3.05) is 13.1 Å². The van der Waals surface area contributed by atoms with Crippen LogP contribution in [-0.4, -0.2) is 25.2 Å². The van der Waals surface area contributed by atoms with Crippen LogP contribution in [0.4, 0.5) is 0 Å². The smallest absolute Gasteiger partial charge is 0.0135 e. The first-order chi connectivity index (χ1) is 15.6. The van der Waals surface area contributed by atoms with Gasteiger partial charge < -0.3 is 10.6 Å². The maximum absolute atomic E-state index is 4.52. The molecule has 33 heavy (non-hydrogen) atoms. The fraction of sp³-hybridized carbons (Fsp3) is 1.00. The van der Waals surface area contributed by atoms with Gasteiger partial charge in [-0.25, -0.2) is 0 Å². The molecule has 1 aliphatic heterocycles. The van der Waals surface area contributed by atoms with Crippen molar-refractivity contribution in [2.24, 2.45) is 64.1 Å². The second-order valence-electron chi connectivity index (χ2n) is 15.1. The molecular formula is C31H56N2. The van der Waals surface area contributed by atoms with Crippen molar-refractivity contribution in [3.63, 3.8) is 0 Å². The Morgan fingerprint density at radius 2 is 1.39 bits per heavy atom. The van der Waals surface area contributed by atoms with Gasteiger partial charge in [-0.2, -0.15) is 0 Å². The van der Waals surface area contributed by atoms with Crippen LogP contribution in [0.5, 0.6) is 0 Å². The van der Waals surface area contributed by atoms with Crippen LogP contribution in [0.25, 0.3) is 0 Å². The van der Waals surface area contributed by atoms with Gasteiger partial charge in [-0.05, 0) is 135 Å². The van der Waals surface area contributed by atoms with Crippen molar-refractivity contribution < 1.29 is 0 Å². The third kappa shape index (κ3) is 4.26. The van der Waals surface area contributed by atoms with E-state index in [0.717, 1.165) is 53.4 Å². The largest absolute Gasteiger partial charge is 0.317 e. The Bertz CT molecular complexity index is 674. The van der Waals surface area contributed by atoms with Crippen LogP contribution in [-0.2, 0) is 0 Å². The molecule has 4 bridgehead atoms. The molecule has 2 nitrogen and oxygen atoms in total. The topological polar surface area (TPSA) is 24.1 Å². The summed E-state index contributed by atoms with van der Waals surface area (Å²) in [5, 5.41) is 8.18. The Morgan fingerprint density at radius 3 is 1.94 bits per heavy atom. The number of hydrogen-bond donors (Lipinski definition) is 2. The predicted octanol–water partition coefficient (Wildman–Crippen LogP) is 7.14. The maximum atomic E-state index is 4.52. The van der Waals surface area contributed by atoms with Crippen LogP contribution in [0.15, 0.2) is 0 Å². The van der Waals surface area contributed by atoms with Gasteiger partial charge in [0.25, 0.3) is 0 Å². The third-order valence-electron chi connectivity index (χ3n) is 12.6. The number of nitrogens with one attached hydrogen (secondary N) is 2. The van der Waals surface area contributed by atoms with Gasteiger partial charge in [0.1, 0.15) is 0 Å². The molecule has 2 heteroatoms. The van der Waals surface area contributed by atoms with E-state index in [2.05, 4.69) is 59.1 Å². The summed E-state index contributed by atoms with van der Waals surface area (Å²) in [5.74, 6) is 8.16. The highest BCUT2D eigenvalue weighted by molar-refractivity contribution is 5.08. The summed E-state index contributed by atoms with van der Waals surface area (Å²) in [6.07, 6.45) is 13.3. The molecule has 0 aromatic heterocycles. The molecule has 1 heterocycles. The zero-order valence-corrected chi connectivity index (χ0v) is 23.1. The monoisotopic (exact) mass is 456 g/mol. The second-order valence-corrected chi connectivity index (χ2v) is 15.1. The summed E-state index contributed by atoms with van der Waals surface area (Å²) in [6, 6.07) is 1.38. The lowest BCUT2D eigenvalue weighted by Crippen LogP contribution is -2.57. The van der Waals surface area contributed by atoms with Crippen LogP contribution in [0, 0.1) is 64.1 Å². The fourth-order valence-corrected chi connectivity index (χ4v) is 10.6. The molecule has 4 saturated carbocycles. The summed E-state index contributed by atoms with van der Waals surface area (Å²) in [4.78, 5) is 0. The first-order valence-corrected chi connectivity index (χ1v) is 15.1. The van der Waals surface area contributed by atoms with Crippen molar-refractivity contribution in [3.8, 4) is 0 Å². The number of fused-ring (bicyclic) bond motifs is 4. The number of rotatable bonds is 8. The molecule has 0 aromatic rings. The Kier molecular flexibility index (Phi) is 6.78.